The van der Waals surface area contributed by atoms with Gasteiger partial charge in [0.25, 0.3) is 0 Å². The fourth-order valence-electron chi connectivity index (χ4n) is 1.86. The molecule has 2 N–H and O–H groups in total. The molecule has 1 heterocycles. The van der Waals surface area contributed by atoms with E-state index in [1.54, 1.807) is 0 Å². The monoisotopic (exact) mass is 196 g/mol. The minimum Gasteiger partial charge on any atom is -0.373 e. The Morgan fingerprint density at radius 3 is 3.08 bits per heavy atom. The second-order valence-corrected chi connectivity index (χ2v) is 4.05. The summed E-state index contributed by atoms with van der Waals surface area (Å²) in [6.45, 7) is 0.910. The molecule has 13 heavy (non-hydrogen) atoms. The molecular weight excluding hydrogens is 184 g/mol. The minimum atomic E-state index is 0.249. The van der Waals surface area contributed by atoms with Crippen LogP contribution in [0.25, 0.3) is 0 Å². The summed E-state index contributed by atoms with van der Waals surface area (Å²) < 4.78 is 0. The molecule has 0 spiro atoms. The summed E-state index contributed by atoms with van der Waals surface area (Å²) in [6, 6.07) is 6.24. The van der Waals surface area contributed by atoms with Gasteiger partial charge in [-0.1, -0.05) is 17.7 Å². The zero-order valence-corrected chi connectivity index (χ0v) is 8.38. The van der Waals surface area contributed by atoms with Crippen molar-refractivity contribution in [3.63, 3.8) is 0 Å². The lowest BCUT2D eigenvalue weighted by molar-refractivity contribution is 0.628. The maximum absolute atomic E-state index is 5.92. The smallest absolute Gasteiger partial charge is 0.0426 e. The SMILES string of the molecule is CN1CC(N)Cc2ccc(Cl)cc21. The van der Waals surface area contributed by atoms with Gasteiger partial charge in [-0.2, -0.15) is 0 Å². The van der Waals surface area contributed by atoms with Crippen molar-refractivity contribution in [3.05, 3.63) is 28.8 Å². The molecular formula is C10H13ClN2. The number of fused-ring (bicyclic) bond motifs is 1. The lowest BCUT2D eigenvalue weighted by Crippen LogP contribution is -2.41. The van der Waals surface area contributed by atoms with Crippen LogP contribution in [-0.4, -0.2) is 19.6 Å². The predicted octanol–water partition coefficient (Wildman–Crippen LogP) is 1.66. The Hall–Kier alpha value is -0.730. The molecule has 1 aliphatic heterocycles. The first kappa shape index (κ1) is 8.85. The summed E-state index contributed by atoms with van der Waals surface area (Å²) in [5.74, 6) is 0. The molecule has 0 saturated heterocycles. The van der Waals surface area contributed by atoms with Gasteiger partial charge in [-0.15, -0.1) is 0 Å². The molecule has 1 aromatic rings. The zero-order valence-electron chi connectivity index (χ0n) is 7.63. The van der Waals surface area contributed by atoms with Crippen molar-refractivity contribution in [2.24, 2.45) is 5.73 Å². The van der Waals surface area contributed by atoms with Crippen LogP contribution in [0, 0.1) is 0 Å². The summed E-state index contributed by atoms with van der Waals surface area (Å²) in [5, 5.41) is 0.793. The predicted molar refractivity (Wildman–Crippen MR) is 56.4 cm³/mol. The van der Waals surface area contributed by atoms with E-state index in [4.69, 9.17) is 17.3 Å². The third kappa shape index (κ3) is 1.64. The second kappa shape index (κ2) is 3.20. The molecule has 2 nitrogen and oxygen atoms in total. The van der Waals surface area contributed by atoms with Gasteiger partial charge in [-0.05, 0) is 24.1 Å². The van der Waals surface area contributed by atoms with Gasteiger partial charge < -0.3 is 10.6 Å². The number of nitrogens with zero attached hydrogens (tertiary/aromatic N) is 1. The maximum atomic E-state index is 5.92. The molecule has 2 rings (SSSR count). The van der Waals surface area contributed by atoms with Gasteiger partial charge in [0.2, 0.25) is 0 Å². The highest BCUT2D eigenvalue weighted by Crippen LogP contribution is 2.28. The quantitative estimate of drug-likeness (QED) is 0.684. The van der Waals surface area contributed by atoms with Crippen LogP contribution in [0.1, 0.15) is 5.56 Å². The summed E-state index contributed by atoms with van der Waals surface area (Å²) in [4.78, 5) is 2.16. The van der Waals surface area contributed by atoms with Crippen molar-refractivity contribution in [1.82, 2.24) is 0 Å². The van der Waals surface area contributed by atoms with Gasteiger partial charge in [0.05, 0.1) is 0 Å². The van der Waals surface area contributed by atoms with E-state index in [2.05, 4.69) is 11.0 Å². The van der Waals surface area contributed by atoms with Gasteiger partial charge >= 0.3 is 0 Å². The van der Waals surface area contributed by atoms with Gasteiger partial charge in [0.1, 0.15) is 0 Å². The summed E-state index contributed by atoms with van der Waals surface area (Å²) in [6.07, 6.45) is 0.955. The molecule has 0 amide bonds. The Labute approximate surface area is 83.3 Å². The largest absolute Gasteiger partial charge is 0.373 e. The molecule has 70 valence electrons. The molecule has 1 unspecified atom stereocenters. The van der Waals surface area contributed by atoms with Gasteiger partial charge in [0, 0.05) is 30.3 Å². The molecule has 0 saturated carbocycles. The van der Waals surface area contributed by atoms with Crippen LogP contribution in [-0.2, 0) is 6.42 Å². The molecule has 3 heteroatoms. The Bertz CT molecular complexity index is 325. The van der Waals surface area contributed by atoms with E-state index >= 15 is 0 Å². The second-order valence-electron chi connectivity index (χ2n) is 3.62. The van der Waals surface area contributed by atoms with Crippen molar-refractivity contribution >= 4 is 17.3 Å². The standard InChI is InChI=1S/C10H13ClN2/c1-13-6-9(12)4-7-2-3-8(11)5-10(7)13/h2-3,5,9H,4,6,12H2,1H3. The number of hydrogen-bond acceptors (Lipinski definition) is 2. The van der Waals surface area contributed by atoms with Crippen LogP contribution in [0.4, 0.5) is 5.69 Å². The van der Waals surface area contributed by atoms with E-state index in [1.165, 1.54) is 11.3 Å². The normalized spacial score (nSPS) is 21.5. The summed E-state index contributed by atoms with van der Waals surface area (Å²) in [5.41, 5.74) is 8.42. The summed E-state index contributed by atoms with van der Waals surface area (Å²) >= 11 is 5.92. The van der Waals surface area contributed by atoms with E-state index in [0.29, 0.717) is 0 Å². The number of likely N-dealkylation sites (N-methyl/N-ethyl adjacent to an activating group) is 1. The highest BCUT2D eigenvalue weighted by molar-refractivity contribution is 6.30. The highest BCUT2D eigenvalue weighted by Gasteiger charge is 2.18. The third-order valence-electron chi connectivity index (χ3n) is 2.45. The zero-order chi connectivity index (χ0) is 9.42. The van der Waals surface area contributed by atoms with Crippen molar-refractivity contribution in [1.29, 1.82) is 0 Å². The Morgan fingerprint density at radius 1 is 1.54 bits per heavy atom. The number of halogens is 1. The Kier molecular flexibility index (Phi) is 2.18. The van der Waals surface area contributed by atoms with Gasteiger partial charge in [0.15, 0.2) is 0 Å². The minimum absolute atomic E-state index is 0.249. The maximum Gasteiger partial charge on any atom is 0.0426 e. The van der Waals surface area contributed by atoms with Gasteiger partial charge in [-0.3, -0.25) is 0 Å². The number of hydrogen-bond donors (Lipinski definition) is 1. The molecule has 0 aromatic heterocycles. The summed E-state index contributed by atoms with van der Waals surface area (Å²) in [7, 11) is 2.05. The van der Waals surface area contributed by atoms with Crippen LogP contribution < -0.4 is 10.6 Å². The van der Waals surface area contributed by atoms with E-state index in [1.807, 2.05) is 19.2 Å². The first-order chi connectivity index (χ1) is 6.16. The van der Waals surface area contributed by atoms with E-state index in [0.717, 1.165) is 18.0 Å². The number of anilines is 1. The Morgan fingerprint density at radius 2 is 2.31 bits per heavy atom. The van der Waals surface area contributed by atoms with Crippen molar-refractivity contribution in [2.75, 3.05) is 18.5 Å². The van der Waals surface area contributed by atoms with E-state index < -0.39 is 0 Å². The fourth-order valence-corrected chi connectivity index (χ4v) is 2.03. The van der Waals surface area contributed by atoms with E-state index in [9.17, 15) is 0 Å². The first-order valence-corrected chi connectivity index (χ1v) is 4.80. The third-order valence-corrected chi connectivity index (χ3v) is 2.68. The molecule has 0 bridgehead atoms. The molecule has 0 radical (unpaired) electrons. The number of benzene rings is 1. The molecule has 1 aromatic carbocycles. The molecule has 1 atom stereocenters. The highest BCUT2D eigenvalue weighted by atomic mass is 35.5. The Balaban J connectivity index is 2.43. The molecule has 0 fully saturated rings. The fraction of sp³-hybridized carbons (Fsp3) is 0.400. The number of nitrogens with two attached hydrogens (primary N) is 1. The molecule has 1 aliphatic rings. The first-order valence-electron chi connectivity index (χ1n) is 4.42. The van der Waals surface area contributed by atoms with Crippen molar-refractivity contribution in [3.8, 4) is 0 Å². The van der Waals surface area contributed by atoms with Crippen molar-refractivity contribution in [2.45, 2.75) is 12.5 Å². The van der Waals surface area contributed by atoms with Crippen LogP contribution in [0.2, 0.25) is 5.02 Å². The number of rotatable bonds is 0. The van der Waals surface area contributed by atoms with Crippen LogP contribution in [0.3, 0.4) is 0 Å². The molecule has 0 aliphatic carbocycles. The van der Waals surface area contributed by atoms with Gasteiger partial charge in [-0.25, -0.2) is 0 Å². The van der Waals surface area contributed by atoms with Crippen LogP contribution >= 0.6 is 11.6 Å². The lowest BCUT2D eigenvalue weighted by atomic mass is 9.99. The average Bonchev–Trinajstić information content (AvgIpc) is 2.06. The van der Waals surface area contributed by atoms with Crippen molar-refractivity contribution < 1.29 is 0 Å². The lowest BCUT2D eigenvalue weighted by Gasteiger charge is -2.31. The van der Waals surface area contributed by atoms with E-state index in [-0.39, 0.29) is 6.04 Å². The topological polar surface area (TPSA) is 29.3 Å². The average molecular weight is 197 g/mol. The van der Waals surface area contributed by atoms with Crippen LogP contribution in [0.15, 0.2) is 18.2 Å². The van der Waals surface area contributed by atoms with Crippen LogP contribution in [0.5, 0.6) is 0 Å².